The highest BCUT2D eigenvalue weighted by Gasteiger charge is 2.03. The Hall–Kier alpha value is -1.22. The molecule has 1 heterocycles. The van der Waals surface area contributed by atoms with Gasteiger partial charge in [-0.05, 0) is 19.1 Å². The number of aldehydes is 1. The molecule has 2 rings (SSSR count). The Morgan fingerprint density at radius 3 is 3.08 bits per heavy atom. The monoisotopic (exact) mass is 177 g/mol. The lowest BCUT2D eigenvalue weighted by Gasteiger charge is -1.89. The van der Waals surface area contributed by atoms with Crippen LogP contribution < -0.4 is 0 Å². The molecule has 2 aromatic rings. The Morgan fingerprint density at radius 1 is 1.50 bits per heavy atom. The first-order valence-electron chi connectivity index (χ1n) is 3.62. The van der Waals surface area contributed by atoms with E-state index in [-0.39, 0.29) is 0 Å². The van der Waals surface area contributed by atoms with E-state index < -0.39 is 0 Å². The minimum Gasteiger partial charge on any atom is -0.298 e. The Bertz CT molecular complexity index is 433. The molecule has 12 heavy (non-hydrogen) atoms. The summed E-state index contributed by atoms with van der Waals surface area (Å²) in [7, 11) is 0. The molecule has 1 aromatic heterocycles. The van der Waals surface area contributed by atoms with Gasteiger partial charge in [-0.15, -0.1) is 11.3 Å². The Kier molecular flexibility index (Phi) is 1.66. The lowest BCUT2D eigenvalue weighted by atomic mass is 10.2. The van der Waals surface area contributed by atoms with Crippen molar-refractivity contribution in [3.8, 4) is 0 Å². The molecule has 0 fully saturated rings. The van der Waals surface area contributed by atoms with Gasteiger partial charge in [0.25, 0.3) is 0 Å². The molecule has 0 bridgehead atoms. The van der Waals surface area contributed by atoms with Gasteiger partial charge in [-0.2, -0.15) is 0 Å². The van der Waals surface area contributed by atoms with Gasteiger partial charge >= 0.3 is 0 Å². The van der Waals surface area contributed by atoms with Crippen LogP contribution in [0.25, 0.3) is 10.2 Å². The van der Waals surface area contributed by atoms with Crippen LogP contribution in [0.5, 0.6) is 0 Å². The van der Waals surface area contributed by atoms with Crippen LogP contribution in [0, 0.1) is 6.92 Å². The molecule has 60 valence electrons. The lowest BCUT2D eigenvalue weighted by Crippen LogP contribution is -1.80. The number of nitrogens with zero attached hydrogens (tertiary/aromatic N) is 1. The van der Waals surface area contributed by atoms with Crippen molar-refractivity contribution in [2.45, 2.75) is 6.92 Å². The number of fused-ring (bicyclic) bond motifs is 1. The maximum absolute atomic E-state index is 10.6. The lowest BCUT2D eigenvalue weighted by molar-refractivity contribution is 0.112. The standard InChI is InChI=1S/C9H7NOS/c1-6-10-9-7(5-11)3-2-4-8(9)12-6/h2-5H,1H3. The highest BCUT2D eigenvalue weighted by molar-refractivity contribution is 7.18. The first-order chi connectivity index (χ1) is 5.81. The minimum absolute atomic E-state index is 0.678. The molecule has 0 N–H and O–H groups in total. The van der Waals surface area contributed by atoms with Gasteiger partial charge in [-0.25, -0.2) is 4.98 Å². The van der Waals surface area contributed by atoms with Crippen molar-refractivity contribution in [2.75, 3.05) is 0 Å². The predicted octanol–water partition coefficient (Wildman–Crippen LogP) is 2.42. The molecule has 0 spiro atoms. The van der Waals surface area contributed by atoms with Crippen LogP contribution in [0.3, 0.4) is 0 Å². The minimum atomic E-state index is 0.678. The second-order valence-electron chi connectivity index (χ2n) is 2.54. The molecule has 0 radical (unpaired) electrons. The zero-order chi connectivity index (χ0) is 8.55. The molecule has 2 nitrogen and oxygen atoms in total. The van der Waals surface area contributed by atoms with Crippen molar-refractivity contribution in [1.82, 2.24) is 4.98 Å². The van der Waals surface area contributed by atoms with Gasteiger partial charge in [-0.1, -0.05) is 6.07 Å². The number of aryl methyl sites for hydroxylation is 1. The highest BCUT2D eigenvalue weighted by atomic mass is 32.1. The van der Waals surface area contributed by atoms with E-state index in [1.807, 2.05) is 19.1 Å². The van der Waals surface area contributed by atoms with Crippen molar-refractivity contribution in [1.29, 1.82) is 0 Å². The third-order valence-corrected chi connectivity index (χ3v) is 2.62. The number of carbonyl (C=O) groups is 1. The summed E-state index contributed by atoms with van der Waals surface area (Å²) in [6.07, 6.45) is 0.849. The van der Waals surface area contributed by atoms with Crippen molar-refractivity contribution in [3.63, 3.8) is 0 Å². The summed E-state index contributed by atoms with van der Waals surface area (Å²) in [5, 5.41) is 0.999. The third kappa shape index (κ3) is 1.02. The zero-order valence-corrected chi connectivity index (χ0v) is 7.39. The normalized spacial score (nSPS) is 10.4. The van der Waals surface area contributed by atoms with E-state index in [0.717, 1.165) is 21.5 Å². The molecule has 0 saturated heterocycles. The highest BCUT2D eigenvalue weighted by Crippen LogP contribution is 2.23. The van der Waals surface area contributed by atoms with Crippen LogP contribution in [0.2, 0.25) is 0 Å². The fourth-order valence-corrected chi connectivity index (χ4v) is 2.04. The van der Waals surface area contributed by atoms with E-state index in [4.69, 9.17) is 0 Å². The molecule has 0 saturated carbocycles. The maximum Gasteiger partial charge on any atom is 0.152 e. The zero-order valence-electron chi connectivity index (χ0n) is 6.57. The quantitative estimate of drug-likeness (QED) is 0.626. The topological polar surface area (TPSA) is 30.0 Å². The smallest absolute Gasteiger partial charge is 0.152 e. The molecule has 0 amide bonds. The molecular weight excluding hydrogens is 170 g/mol. The summed E-state index contributed by atoms with van der Waals surface area (Å²) in [5.41, 5.74) is 1.51. The fraction of sp³-hybridized carbons (Fsp3) is 0.111. The third-order valence-electron chi connectivity index (χ3n) is 1.68. The first-order valence-corrected chi connectivity index (χ1v) is 4.44. The van der Waals surface area contributed by atoms with E-state index in [1.165, 1.54) is 0 Å². The Labute approximate surface area is 73.9 Å². The van der Waals surface area contributed by atoms with Crippen molar-refractivity contribution in [2.24, 2.45) is 0 Å². The van der Waals surface area contributed by atoms with Gasteiger partial charge in [0.15, 0.2) is 6.29 Å². The average molecular weight is 177 g/mol. The fourth-order valence-electron chi connectivity index (χ4n) is 1.18. The van der Waals surface area contributed by atoms with E-state index in [2.05, 4.69) is 4.98 Å². The average Bonchev–Trinajstić information content (AvgIpc) is 2.44. The molecule has 0 atom stereocenters. The molecule has 3 heteroatoms. The van der Waals surface area contributed by atoms with Crippen LogP contribution in [0.15, 0.2) is 18.2 Å². The second-order valence-corrected chi connectivity index (χ2v) is 3.78. The van der Waals surface area contributed by atoms with Gasteiger partial charge in [-0.3, -0.25) is 4.79 Å². The SMILES string of the molecule is Cc1nc2c(C=O)cccc2s1. The maximum atomic E-state index is 10.6. The number of aromatic nitrogens is 1. The van der Waals surface area contributed by atoms with Gasteiger partial charge in [0, 0.05) is 5.56 Å². The number of carbonyl (C=O) groups excluding carboxylic acids is 1. The van der Waals surface area contributed by atoms with Gasteiger partial charge < -0.3 is 0 Å². The summed E-state index contributed by atoms with van der Waals surface area (Å²) < 4.78 is 1.08. The van der Waals surface area contributed by atoms with Crippen LogP contribution in [-0.4, -0.2) is 11.3 Å². The van der Waals surface area contributed by atoms with Gasteiger partial charge in [0.1, 0.15) is 0 Å². The molecular formula is C9H7NOS. The summed E-state index contributed by atoms with van der Waals surface area (Å²) in [6.45, 7) is 1.94. The first kappa shape index (κ1) is 7.43. The van der Waals surface area contributed by atoms with Crippen molar-refractivity contribution >= 4 is 27.8 Å². The number of hydrogen-bond acceptors (Lipinski definition) is 3. The van der Waals surface area contributed by atoms with Crippen molar-refractivity contribution in [3.05, 3.63) is 28.8 Å². The van der Waals surface area contributed by atoms with Crippen LogP contribution in [0.1, 0.15) is 15.4 Å². The van der Waals surface area contributed by atoms with Crippen LogP contribution in [0.4, 0.5) is 0 Å². The van der Waals surface area contributed by atoms with Crippen LogP contribution in [-0.2, 0) is 0 Å². The summed E-state index contributed by atoms with van der Waals surface area (Å²) in [6, 6.07) is 5.64. The largest absolute Gasteiger partial charge is 0.298 e. The molecule has 0 unspecified atom stereocenters. The Balaban J connectivity index is 2.86. The summed E-state index contributed by atoms with van der Waals surface area (Å²) >= 11 is 1.61. The number of para-hydroxylation sites is 1. The van der Waals surface area contributed by atoms with E-state index in [0.29, 0.717) is 5.56 Å². The number of benzene rings is 1. The van der Waals surface area contributed by atoms with Gasteiger partial charge in [0.05, 0.1) is 15.2 Å². The van der Waals surface area contributed by atoms with Crippen LogP contribution >= 0.6 is 11.3 Å². The number of hydrogen-bond donors (Lipinski definition) is 0. The number of rotatable bonds is 1. The second kappa shape index (κ2) is 2.68. The Morgan fingerprint density at radius 2 is 2.33 bits per heavy atom. The molecule has 0 aliphatic rings. The summed E-state index contributed by atoms with van der Waals surface area (Å²) in [5.74, 6) is 0. The van der Waals surface area contributed by atoms with Crippen molar-refractivity contribution < 1.29 is 4.79 Å². The summed E-state index contributed by atoms with van der Waals surface area (Å²) in [4.78, 5) is 14.9. The van der Waals surface area contributed by atoms with E-state index in [9.17, 15) is 4.79 Å². The van der Waals surface area contributed by atoms with E-state index >= 15 is 0 Å². The number of thiazole rings is 1. The molecule has 1 aromatic carbocycles. The van der Waals surface area contributed by atoms with Gasteiger partial charge in [0.2, 0.25) is 0 Å². The predicted molar refractivity (Wildman–Crippen MR) is 49.7 cm³/mol. The molecule has 0 aliphatic carbocycles. The van der Waals surface area contributed by atoms with E-state index in [1.54, 1.807) is 17.4 Å². The molecule has 0 aliphatic heterocycles.